The van der Waals surface area contributed by atoms with Crippen molar-refractivity contribution in [1.29, 1.82) is 0 Å². The van der Waals surface area contributed by atoms with Gasteiger partial charge in [0.15, 0.2) is 0 Å². The van der Waals surface area contributed by atoms with Crippen LogP contribution < -0.4 is 166 Å². The summed E-state index contributed by atoms with van der Waals surface area (Å²) in [6.07, 6.45) is -8.27. The van der Waals surface area contributed by atoms with Crippen LogP contribution in [0.15, 0.2) is 0 Å². The third kappa shape index (κ3) is 85.7. The van der Waals surface area contributed by atoms with Crippen LogP contribution in [0.1, 0.15) is 128 Å². The smallest absolute Gasteiger partial charge is 0.553 e. The predicted molar refractivity (Wildman–Crippen MR) is 327 cm³/mol. The zero-order chi connectivity index (χ0) is 88.4. The molecule has 0 aromatic carbocycles. The Bertz CT molecular complexity index is 2820. The van der Waals surface area contributed by atoms with Crippen LogP contribution in [-0.2, 0) is 130 Å². The summed E-state index contributed by atoms with van der Waals surface area (Å²) in [4.78, 5) is 244. The molecule has 0 rings (SSSR count). The number of carboxylic acid groups (broad SMARTS) is 21. The zero-order valence-electron chi connectivity index (χ0n) is 64.7. The SMILES string of the molecule is C.CC(C(=O)[O-])C(C(=O)[O-])C(C(=O)[O-])C(CC(=O)[O-])OC=O.CC(C(=O)[O-])C(C(=O)[O-])C(C(=O)[O-])C(CC(=O)[O-])OC=O.CC(C(=O)[O-])C(CC(=O)[O-])C(=O)[O-].CC(C(=O)[O-])C(CC(=O)[O-])C(=O)[O-].CC(CC([CH-]OO)C(=O)[O-])C(=O)[O-].CC(CC([CH-]OO)C(=O)[O-])C(=O)[O-].CCC(=O)[O-].CCC(=O)[O-].CCC(=O)[O-].[CH3-].[CH3-].[Ca+2].[Ca+2].[Ca+2].[Ca+2].[Na+].[Na+]. The molecule has 56 heteroatoms. The van der Waals surface area contributed by atoms with Crippen molar-refractivity contribution in [1.82, 2.24) is 0 Å². The standard InChI is InChI=1S/2C11H14O10.2C7H11O6.2C7H10O6.3C3H6O2.CH4.2CH3.4Ca.2Na/c2*1-4(9(15)16)7(10(17)18)8(11(19)20)5(21-3-12)2-6(13)14;2*1-4(6(8)9)2-5(3-13-12)7(10)11;2*1-3(6(10)11)4(7(12)13)2-5(8)9;3*1-2-3(4)5;;;;;;;;;/h2*3-5,7-8H,2H2,1H3,(H,13,14)(H,15,16)(H,17,18)(H,19,20);2*3-5,12H,2H2,1H3,(H,8,9)(H,10,11);2*3-4H,2H2,1H3,(H,8,9)(H,10,11)(H,12,13);3*2H2,1H3,(H,4,5);1H4;2*1H3;;;;;;/q;;2*-1;;;;;;;2*-1;4*+2;2*+1/p-21. The van der Waals surface area contributed by atoms with Gasteiger partial charge in [0.2, 0.25) is 0 Å². The van der Waals surface area contributed by atoms with E-state index in [9.17, 15) is 218 Å². The van der Waals surface area contributed by atoms with Gasteiger partial charge >= 0.3 is 210 Å². The number of ether oxygens (including phenoxy) is 2. The molecule has 0 saturated carbocycles. The van der Waals surface area contributed by atoms with Crippen LogP contribution in [0.3, 0.4) is 0 Å². The molecule has 650 valence electrons. The largest absolute Gasteiger partial charge is 2.00 e. The van der Waals surface area contributed by atoms with Crippen molar-refractivity contribution in [3.05, 3.63) is 28.1 Å². The van der Waals surface area contributed by atoms with E-state index >= 15 is 0 Å². The van der Waals surface area contributed by atoms with Gasteiger partial charge < -0.3 is 242 Å². The average Bonchev–Trinajstić information content (AvgIpc) is 0.823. The second-order valence-corrected chi connectivity index (χ2v) is 20.9. The quantitative estimate of drug-likeness (QED) is 0.0188. The summed E-state index contributed by atoms with van der Waals surface area (Å²) in [7, 11) is 0. The maximum Gasteiger partial charge on any atom is 2.00 e. The first-order valence-corrected chi connectivity index (χ1v) is 29.5. The van der Waals surface area contributed by atoms with Crippen LogP contribution in [0.2, 0.25) is 0 Å². The van der Waals surface area contributed by atoms with E-state index < -0.39 is 246 Å². The molecule has 0 spiro atoms. The summed E-state index contributed by atoms with van der Waals surface area (Å²) in [5.41, 5.74) is 0. The fourth-order valence-electron chi connectivity index (χ4n) is 6.80. The summed E-state index contributed by atoms with van der Waals surface area (Å²) < 4.78 is 8.42. The van der Waals surface area contributed by atoms with E-state index in [1.165, 1.54) is 34.6 Å². The van der Waals surface area contributed by atoms with E-state index in [4.69, 9.17) is 10.5 Å². The molecule has 118 heavy (non-hydrogen) atoms. The second kappa shape index (κ2) is 90.9. The maximum atomic E-state index is 11.0. The van der Waals surface area contributed by atoms with Gasteiger partial charge in [0.05, 0.1) is 0 Å². The molecule has 0 heterocycles. The predicted octanol–water partition coefficient (Wildman–Crippen LogP) is -33.7. The topological polar surface area (TPSA) is 954 Å². The van der Waals surface area contributed by atoms with E-state index in [0.717, 1.165) is 27.7 Å². The molecule has 16 atom stereocenters. The van der Waals surface area contributed by atoms with Crippen LogP contribution in [0.4, 0.5) is 0 Å². The van der Waals surface area contributed by atoms with E-state index in [1.54, 1.807) is 0 Å². The van der Waals surface area contributed by atoms with Crippen LogP contribution in [0.25, 0.3) is 0 Å². The van der Waals surface area contributed by atoms with Gasteiger partial charge in [0.1, 0.15) is 12.2 Å². The molecule has 0 bridgehead atoms. The molecule has 2 N–H and O–H groups in total. The van der Waals surface area contributed by atoms with E-state index in [1.807, 2.05) is 0 Å². The Kier molecular flexibility index (Phi) is 121. The van der Waals surface area contributed by atoms with Gasteiger partial charge in [-0.15, -0.1) is 11.8 Å². The Balaban J connectivity index is -0.0000000610. The minimum absolute atomic E-state index is 0. The Hall–Kier alpha value is -5.31. The van der Waals surface area contributed by atoms with E-state index in [2.05, 4.69) is 19.2 Å². The molecule has 0 fully saturated rings. The summed E-state index contributed by atoms with van der Waals surface area (Å²) in [6, 6.07) is 0. The molecule has 0 radical (unpaired) electrons. The minimum Gasteiger partial charge on any atom is -0.553 e. The van der Waals surface area contributed by atoms with Gasteiger partial charge in [0.25, 0.3) is 12.9 Å². The van der Waals surface area contributed by atoms with Crippen molar-refractivity contribution in [2.75, 3.05) is 0 Å². The first kappa shape index (κ1) is 157. The summed E-state index contributed by atoms with van der Waals surface area (Å²) in [6.45, 7) is 11.5. The minimum atomic E-state index is -2.27. The van der Waals surface area contributed by atoms with Gasteiger partial charge in [-0.25, -0.2) is 0 Å². The van der Waals surface area contributed by atoms with Crippen molar-refractivity contribution >= 4 is 289 Å². The number of aliphatic carboxylic acids is 21. The second-order valence-electron chi connectivity index (χ2n) is 20.9. The molecular formula is C62H77Ca4Na2O50-15. The molecule has 0 aromatic rings. The van der Waals surface area contributed by atoms with Gasteiger partial charge in [0, 0.05) is 197 Å². The maximum absolute atomic E-state index is 11.0. The number of hydrogen-bond acceptors (Lipinski definition) is 50. The molecule has 0 aliphatic heterocycles. The third-order valence-corrected chi connectivity index (χ3v) is 13.0. The first-order valence-electron chi connectivity index (χ1n) is 29.5. The number of carbonyl (C=O) groups is 23. The normalized spacial score (nSPS) is 13.1. The zero-order valence-corrected chi connectivity index (χ0v) is 77.6. The van der Waals surface area contributed by atoms with Crippen molar-refractivity contribution in [3.8, 4) is 0 Å². The Morgan fingerprint density at radius 3 is 0.593 bits per heavy atom. The van der Waals surface area contributed by atoms with Crippen LogP contribution in [-0.4, -0.2) is 312 Å². The average molecular weight is 1830 g/mol. The number of hydrogen-bond donors (Lipinski definition) is 2. The molecule has 0 aromatic heterocycles. The molecule has 50 nitrogen and oxygen atoms in total. The van der Waals surface area contributed by atoms with Crippen molar-refractivity contribution in [2.45, 2.75) is 140 Å². The first-order chi connectivity index (χ1) is 49.8. The van der Waals surface area contributed by atoms with Crippen LogP contribution >= 0.6 is 0 Å². The Morgan fingerprint density at radius 1 is 0.297 bits per heavy atom. The molecule has 0 aliphatic rings. The Labute approximate surface area is 836 Å². The van der Waals surface area contributed by atoms with Crippen molar-refractivity contribution in [2.24, 2.45) is 82.9 Å². The fraction of sp³-hybridized carbons (Fsp3) is 0.565. The third-order valence-electron chi connectivity index (χ3n) is 13.0. The Morgan fingerprint density at radius 2 is 0.483 bits per heavy atom. The molecular weight excluding hydrogens is 1750 g/mol. The fourth-order valence-corrected chi connectivity index (χ4v) is 6.80. The van der Waals surface area contributed by atoms with Crippen molar-refractivity contribution in [3.63, 3.8) is 0 Å². The summed E-state index contributed by atoms with van der Waals surface area (Å²) in [5, 5.41) is 232. The van der Waals surface area contributed by atoms with E-state index in [-0.39, 0.29) is 277 Å². The molecule has 0 amide bonds. The summed E-state index contributed by atoms with van der Waals surface area (Å²) >= 11 is 0. The van der Waals surface area contributed by atoms with Gasteiger partial charge in [-0.3, -0.25) is 20.1 Å². The molecule has 0 saturated heterocycles. The van der Waals surface area contributed by atoms with Crippen LogP contribution in [0.5, 0.6) is 0 Å². The van der Waals surface area contributed by atoms with E-state index in [0.29, 0.717) is 13.2 Å². The number of carbonyl (C=O) groups excluding carboxylic acids is 23. The molecule has 0 aliphatic carbocycles. The number of carboxylic acids is 21. The summed E-state index contributed by atoms with van der Waals surface area (Å²) in [5.74, 6) is -57.9. The number of rotatable bonds is 45. The van der Waals surface area contributed by atoms with Crippen molar-refractivity contribution < 1.29 is 306 Å². The van der Waals surface area contributed by atoms with Gasteiger partial charge in [-0.1, -0.05) is 82.6 Å². The molecule has 16 unspecified atom stereocenters. The van der Waals surface area contributed by atoms with Crippen LogP contribution in [0, 0.1) is 111 Å². The van der Waals surface area contributed by atoms with Gasteiger partial charge in [-0.2, -0.15) is 13.2 Å². The monoisotopic (exact) mass is 1830 g/mol. The van der Waals surface area contributed by atoms with Gasteiger partial charge in [-0.05, 0) is 43.9 Å².